The monoisotopic (exact) mass is 444 g/mol. The van der Waals surface area contributed by atoms with Crippen LogP contribution in [0, 0.1) is 27.7 Å². The molecule has 0 aliphatic carbocycles. The summed E-state index contributed by atoms with van der Waals surface area (Å²) < 4.78 is 3.24. The highest BCUT2D eigenvalue weighted by molar-refractivity contribution is 9.10. The molecular weight excluding hydrogens is 416 g/mol. The third-order valence-electron chi connectivity index (χ3n) is 5.42. The van der Waals surface area contributed by atoms with E-state index in [-0.39, 0.29) is 5.91 Å². The molecule has 1 fully saturated rings. The van der Waals surface area contributed by atoms with Gasteiger partial charge in [-0.3, -0.25) is 9.69 Å². The molecule has 2 heterocycles. The third kappa shape index (κ3) is 4.55. The number of halogens is 1. The van der Waals surface area contributed by atoms with E-state index in [9.17, 15) is 4.79 Å². The summed E-state index contributed by atoms with van der Waals surface area (Å²) in [6.45, 7) is 10.8. The van der Waals surface area contributed by atoms with Crippen LogP contribution >= 0.6 is 15.9 Å². The van der Waals surface area contributed by atoms with E-state index in [0.717, 1.165) is 34.5 Å². The second-order valence-corrected chi connectivity index (χ2v) is 8.45. The zero-order valence-corrected chi connectivity index (χ0v) is 18.8. The molecule has 1 aliphatic heterocycles. The van der Waals surface area contributed by atoms with Crippen LogP contribution in [0.25, 0.3) is 5.69 Å². The van der Waals surface area contributed by atoms with Gasteiger partial charge in [-0.2, -0.15) is 5.10 Å². The van der Waals surface area contributed by atoms with Crippen LogP contribution in [0.2, 0.25) is 0 Å². The van der Waals surface area contributed by atoms with Crippen LogP contribution in [0.5, 0.6) is 0 Å². The number of aromatic nitrogens is 1. The van der Waals surface area contributed by atoms with Crippen LogP contribution in [0.1, 0.15) is 47.3 Å². The van der Waals surface area contributed by atoms with Gasteiger partial charge < -0.3 is 4.57 Å². The summed E-state index contributed by atoms with van der Waals surface area (Å²) in [5.41, 5.74) is 9.49. The van der Waals surface area contributed by atoms with Crippen molar-refractivity contribution in [1.82, 2.24) is 14.9 Å². The number of likely N-dealkylation sites (tertiary alicyclic amines) is 1. The molecule has 5 nitrogen and oxygen atoms in total. The van der Waals surface area contributed by atoms with E-state index < -0.39 is 0 Å². The Bertz CT molecular complexity index is 894. The Morgan fingerprint density at radius 1 is 1.14 bits per heavy atom. The van der Waals surface area contributed by atoms with Gasteiger partial charge in [0.15, 0.2) is 0 Å². The van der Waals surface area contributed by atoms with Crippen molar-refractivity contribution in [2.45, 2.75) is 47.0 Å². The lowest BCUT2D eigenvalue weighted by Crippen LogP contribution is -2.38. The average molecular weight is 445 g/mol. The average Bonchev–Trinajstić information content (AvgIpc) is 2.88. The smallest absolute Gasteiger partial charge is 0.254 e. The van der Waals surface area contributed by atoms with Crippen LogP contribution in [0.3, 0.4) is 0 Å². The minimum absolute atomic E-state index is 0.0578. The Morgan fingerprint density at radius 2 is 1.86 bits per heavy atom. The number of nitrogens with zero attached hydrogens (tertiary/aromatic N) is 3. The number of nitrogens with one attached hydrogen (secondary N) is 1. The zero-order valence-electron chi connectivity index (χ0n) is 17.2. The Morgan fingerprint density at radius 3 is 2.57 bits per heavy atom. The molecular formula is C22H29BrN4O. The first kappa shape index (κ1) is 20.8. The molecule has 0 saturated carbocycles. The lowest BCUT2D eigenvalue weighted by Gasteiger charge is -2.25. The van der Waals surface area contributed by atoms with E-state index >= 15 is 0 Å². The fraction of sp³-hybridized carbons (Fsp3) is 0.455. The van der Waals surface area contributed by atoms with Crippen LogP contribution in [-0.4, -0.2) is 41.2 Å². The number of benzene rings is 1. The molecule has 1 amide bonds. The summed E-state index contributed by atoms with van der Waals surface area (Å²) in [5, 5.41) is 4.22. The van der Waals surface area contributed by atoms with Gasteiger partial charge in [0.05, 0.1) is 12.8 Å². The van der Waals surface area contributed by atoms with Gasteiger partial charge in [-0.15, -0.1) is 0 Å². The van der Waals surface area contributed by atoms with Gasteiger partial charge in [0.1, 0.15) is 0 Å². The molecule has 1 saturated heterocycles. The molecule has 150 valence electrons. The first-order valence-corrected chi connectivity index (χ1v) is 10.7. The zero-order chi connectivity index (χ0) is 20.3. The normalized spacial score (nSPS) is 15.3. The van der Waals surface area contributed by atoms with E-state index in [2.05, 4.69) is 81.8 Å². The van der Waals surface area contributed by atoms with Crippen molar-refractivity contribution in [3.8, 4) is 5.69 Å². The van der Waals surface area contributed by atoms with E-state index in [0.29, 0.717) is 6.54 Å². The predicted molar refractivity (Wildman–Crippen MR) is 118 cm³/mol. The number of hydrogen-bond acceptors (Lipinski definition) is 3. The molecule has 1 N–H and O–H groups in total. The van der Waals surface area contributed by atoms with Crippen molar-refractivity contribution in [3.05, 3.63) is 50.8 Å². The number of hydrazone groups is 1. The second kappa shape index (κ2) is 9.05. The standard InChI is InChI=1S/C22H29BrN4O/c1-15-8-9-16(2)20(12-15)27-17(3)19(22(23)18(27)4)13-24-25-21(28)14-26-10-6-5-7-11-26/h8-9,12-13H,5-7,10-11,14H2,1-4H3,(H,25,28)/b24-13-. The van der Waals surface area contributed by atoms with E-state index in [4.69, 9.17) is 0 Å². The highest BCUT2D eigenvalue weighted by Crippen LogP contribution is 2.31. The van der Waals surface area contributed by atoms with Gasteiger partial charge in [-0.25, -0.2) is 5.43 Å². The van der Waals surface area contributed by atoms with Crippen molar-refractivity contribution in [1.29, 1.82) is 0 Å². The van der Waals surface area contributed by atoms with Crippen molar-refractivity contribution >= 4 is 28.1 Å². The second-order valence-electron chi connectivity index (χ2n) is 7.65. The van der Waals surface area contributed by atoms with Gasteiger partial charge in [-0.1, -0.05) is 18.6 Å². The summed E-state index contributed by atoms with van der Waals surface area (Å²) in [6.07, 6.45) is 5.35. The number of hydrogen-bond donors (Lipinski definition) is 1. The van der Waals surface area contributed by atoms with Crippen molar-refractivity contribution in [2.75, 3.05) is 19.6 Å². The first-order chi connectivity index (χ1) is 13.4. The molecule has 0 unspecified atom stereocenters. The highest BCUT2D eigenvalue weighted by Gasteiger charge is 2.17. The lowest BCUT2D eigenvalue weighted by molar-refractivity contribution is -0.122. The first-order valence-electron chi connectivity index (χ1n) is 9.87. The molecule has 3 rings (SSSR count). The molecule has 0 radical (unpaired) electrons. The summed E-state index contributed by atoms with van der Waals surface area (Å²) >= 11 is 3.71. The van der Waals surface area contributed by atoms with Crippen LogP contribution in [-0.2, 0) is 4.79 Å². The Kier molecular flexibility index (Phi) is 6.73. The summed E-state index contributed by atoms with van der Waals surface area (Å²) in [4.78, 5) is 14.4. The molecule has 28 heavy (non-hydrogen) atoms. The summed E-state index contributed by atoms with van der Waals surface area (Å²) in [5.74, 6) is -0.0578. The summed E-state index contributed by atoms with van der Waals surface area (Å²) in [6, 6.07) is 6.47. The number of rotatable bonds is 5. The van der Waals surface area contributed by atoms with Gasteiger partial charge >= 0.3 is 0 Å². The number of piperidine rings is 1. The number of aryl methyl sites for hydroxylation is 2. The number of amides is 1. The minimum Gasteiger partial charge on any atom is -0.316 e. The molecule has 0 atom stereocenters. The van der Waals surface area contributed by atoms with Crippen LogP contribution in [0.15, 0.2) is 27.8 Å². The quantitative estimate of drug-likeness (QED) is 0.548. The molecule has 0 spiro atoms. The summed E-state index contributed by atoms with van der Waals surface area (Å²) in [7, 11) is 0. The lowest BCUT2D eigenvalue weighted by atomic mass is 10.1. The fourth-order valence-electron chi connectivity index (χ4n) is 3.82. The topological polar surface area (TPSA) is 49.6 Å². The van der Waals surface area contributed by atoms with Gasteiger partial charge in [0, 0.05) is 27.1 Å². The van der Waals surface area contributed by atoms with Gasteiger partial charge in [0.2, 0.25) is 0 Å². The highest BCUT2D eigenvalue weighted by atomic mass is 79.9. The maximum absolute atomic E-state index is 12.2. The van der Waals surface area contributed by atoms with Crippen LogP contribution < -0.4 is 5.43 Å². The molecule has 2 aromatic rings. The minimum atomic E-state index is -0.0578. The van der Waals surface area contributed by atoms with Crippen molar-refractivity contribution in [2.24, 2.45) is 5.10 Å². The van der Waals surface area contributed by atoms with E-state index in [1.165, 1.54) is 36.1 Å². The largest absolute Gasteiger partial charge is 0.316 e. The Balaban J connectivity index is 1.76. The third-order valence-corrected chi connectivity index (χ3v) is 6.42. The SMILES string of the molecule is Cc1ccc(C)c(-n2c(C)c(Br)c(/C=N\NC(=O)CN3CCCCC3)c2C)c1. The molecule has 0 bridgehead atoms. The molecule has 6 heteroatoms. The molecule has 1 aromatic heterocycles. The number of carbonyl (C=O) groups is 1. The number of carbonyl (C=O) groups excluding carboxylic acids is 1. The Labute approximate surface area is 175 Å². The van der Waals surface area contributed by atoms with E-state index in [1.807, 2.05) is 0 Å². The molecule has 1 aromatic carbocycles. The van der Waals surface area contributed by atoms with Gasteiger partial charge in [-0.05, 0) is 86.7 Å². The molecule has 1 aliphatic rings. The Hall–Kier alpha value is -1.92. The van der Waals surface area contributed by atoms with E-state index in [1.54, 1.807) is 6.21 Å². The van der Waals surface area contributed by atoms with Crippen molar-refractivity contribution in [3.63, 3.8) is 0 Å². The maximum Gasteiger partial charge on any atom is 0.254 e. The van der Waals surface area contributed by atoms with Gasteiger partial charge in [0.25, 0.3) is 5.91 Å². The fourth-order valence-corrected chi connectivity index (χ4v) is 4.39. The maximum atomic E-state index is 12.2. The van der Waals surface area contributed by atoms with Crippen LogP contribution in [0.4, 0.5) is 0 Å². The predicted octanol–water partition coefficient (Wildman–Crippen LogP) is 4.41. The van der Waals surface area contributed by atoms with Crippen molar-refractivity contribution < 1.29 is 4.79 Å².